The van der Waals surface area contributed by atoms with E-state index in [4.69, 9.17) is 9.15 Å². The van der Waals surface area contributed by atoms with Crippen LogP contribution in [0.1, 0.15) is 59.1 Å². The molecule has 1 atom stereocenters. The Balaban J connectivity index is 1.63. The van der Waals surface area contributed by atoms with Crippen LogP contribution in [0, 0.1) is 6.92 Å². The SMILES string of the molecule is Cc1ccc(C(=O)OC(C)C(=O)NC2CCCC2)cc1NC(=O)c1ccco1. The molecule has 7 nitrogen and oxygen atoms in total. The summed E-state index contributed by atoms with van der Waals surface area (Å²) in [5.41, 5.74) is 1.50. The summed E-state index contributed by atoms with van der Waals surface area (Å²) in [6.07, 6.45) is 4.65. The van der Waals surface area contributed by atoms with Crippen LogP contribution in [0.5, 0.6) is 0 Å². The van der Waals surface area contributed by atoms with Crippen molar-refractivity contribution in [3.05, 3.63) is 53.5 Å². The van der Waals surface area contributed by atoms with Gasteiger partial charge >= 0.3 is 5.97 Å². The fraction of sp³-hybridized carbons (Fsp3) is 0.381. The van der Waals surface area contributed by atoms with E-state index < -0.39 is 18.0 Å². The van der Waals surface area contributed by atoms with E-state index in [1.54, 1.807) is 31.2 Å². The van der Waals surface area contributed by atoms with E-state index in [0.717, 1.165) is 31.2 Å². The molecular weight excluding hydrogens is 360 g/mol. The number of ether oxygens (including phenoxy) is 1. The van der Waals surface area contributed by atoms with Crippen LogP contribution < -0.4 is 10.6 Å². The number of carbonyl (C=O) groups excluding carboxylic acids is 3. The second-order valence-corrected chi connectivity index (χ2v) is 7.00. The van der Waals surface area contributed by atoms with E-state index in [9.17, 15) is 14.4 Å². The van der Waals surface area contributed by atoms with E-state index >= 15 is 0 Å². The van der Waals surface area contributed by atoms with E-state index in [-0.39, 0.29) is 23.3 Å². The molecule has 2 N–H and O–H groups in total. The third-order valence-corrected chi connectivity index (χ3v) is 4.82. The molecule has 1 heterocycles. The van der Waals surface area contributed by atoms with Crippen LogP contribution in [0.4, 0.5) is 5.69 Å². The highest BCUT2D eigenvalue weighted by Gasteiger charge is 2.24. The number of carbonyl (C=O) groups is 3. The predicted molar refractivity (Wildman–Crippen MR) is 103 cm³/mol. The minimum absolute atomic E-state index is 0.163. The lowest BCUT2D eigenvalue weighted by atomic mass is 10.1. The molecule has 148 valence electrons. The van der Waals surface area contributed by atoms with E-state index in [2.05, 4.69) is 10.6 Å². The summed E-state index contributed by atoms with van der Waals surface area (Å²) in [7, 11) is 0. The van der Waals surface area contributed by atoms with Crippen molar-refractivity contribution in [2.75, 3.05) is 5.32 Å². The van der Waals surface area contributed by atoms with Gasteiger partial charge in [-0.2, -0.15) is 0 Å². The second-order valence-electron chi connectivity index (χ2n) is 7.00. The number of amides is 2. The monoisotopic (exact) mass is 384 g/mol. The first-order chi connectivity index (χ1) is 13.4. The number of hydrogen-bond acceptors (Lipinski definition) is 5. The second kappa shape index (κ2) is 8.73. The Kier molecular flexibility index (Phi) is 6.13. The molecule has 1 aliphatic carbocycles. The van der Waals surface area contributed by atoms with Gasteiger partial charge in [0.25, 0.3) is 11.8 Å². The maximum Gasteiger partial charge on any atom is 0.338 e. The van der Waals surface area contributed by atoms with Gasteiger partial charge in [0.2, 0.25) is 0 Å². The summed E-state index contributed by atoms with van der Waals surface area (Å²) >= 11 is 0. The van der Waals surface area contributed by atoms with E-state index in [1.165, 1.54) is 12.3 Å². The molecule has 0 saturated heterocycles. The zero-order chi connectivity index (χ0) is 20.1. The quantitative estimate of drug-likeness (QED) is 0.744. The van der Waals surface area contributed by atoms with Crippen LogP contribution in [-0.4, -0.2) is 29.9 Å². The fourth-order valence-electron chi connectivity index (χ4n) is 3.15. The largest absolute Gasteiger partial charge is 0.459 e. The molecule has 3 rings (SSSR count). The summed E-state index contributed by atoms with van der Waals surface area (Å²) in [6, 6.07) is 8.16. The van der Waals surface area contributed by atoms with Crippen molar-refractivity contribution in [3.8, 4) is 0 Å². The third-order valence-electron chi connectivity index (χ3n) is 4.82. The Morgan fingerprint density at radius 3 is 2.61 bits per heavy atom. The molecule has 1 aromatic carbocycles. The molecule has 1 unspecified atom stereocenters. The zero-order valence-corrected chi connectivity index (χ0v) is 16.0. The number of esters is 1. The van der Waals surface area contributed by atoms with Gasteiger partial charge < -0.3 is 19.8 Å². The maximum atomic E-state index is 12.4. The highest BCUT2D eigenvalue weighted by atomic mass is 16.5. The molecule has 1 saturated carbocycles. The third kappa shape index (κ3) is 4.79. The van der Waals surface area contributed by atoms with Gasteiger partial charge in [-0.3, -0.25) is 9.59 Å². The lowest BCUT2D eigenvalue weighted by molar-refractivity contribution is -0.129. The molecule has 1 fully saturated rings. The Bertz CT molecular complexity index is 854. The molecule has 0 aliphatic heterocycles. The number of aryl methyl sites for hydroxylation is 1. The smallest absolute Gasteiger partial charge is 0.338 e. The lowest BCUT2D eigenvalue weighted by Crippen LogP contribution is -2.40. The van der Waals surface area contributed by atoms with Crippen molar-refractivity contribution in [2.24, 2.45) is 0 Å². The van der Waals surface area contributed by atoms with Crippen molar-refractivity contribution < 1.29 is 23.5 Å². The molecule has 0 spiro atoms. The fourth-order valence-corrected chi connectivity index (χ4v) is 3.15. The minimum atomic E-state index is -0.893. The Labute approximate surface area is 163 Å². The van der Waals surface area contributed by atoms with E-state index in [1.807, 2.05) is 6.92 Å². The predicted octanol–water partition coefficient (Wildman–Crippen LogP) is 3.44. The molecule has 2 aromatic rings. The van der Waals surface area contributed by atoms with Crippen LogP contribution in [0.2, 0.25) is 0 Å². The van der Waals surface area contributed by atoms with Crippen molar-refractivity contribution in [2.45, 2.75) is 51.7 Å². The Morgan fingerprint density at radius 1 is 1.18 bits per heavy atom. The highest BCUT2D eigenvalue weighted by Crippen LogP contribution is 2.20. The summed E-state index contributed by atoms with van der Waals surface area (Å²) in [5, 5.41) is 5.63. The summed E-state index contributed by atoms with van der Waals surface area (Å²) in [4.78, 5) is 36.8. The first kappa shape index (κ1) is 19.7. The number of nitrogens with one attached hydrogen (secondary N) is 2. The van der Waals surface area contributed by atoms with Crippen LogP contribution in [0.3, 0.4) is 0 Å². The van der Waals surface area contributed by atoms with Crippen LogP contribution in [0.15, 0.2) is 41.0 Å². The minimum Gasteiger partial charge on any atom is -0.459 e. The van der Waals surface area contributed by atoms with Gasteiger partial charge in [-0.1, -0.05) is 18.9 Å². The normalized spacial score (nSPS) is 15.1. The van der Waals surface area contributed by atoms with E-state index in [0.29, 0.717) is 5.69 Å². The van der Waals surface area contributed by atoms with Gasteiger partial charge in [-0.15, -0.1) is 0 Å². The highest BCUT2D eigenvalue weighted by molar-refractivity contribution is 6.03. The maximum absolute atomic E-state index is 12.4. The number of rotatable bonds is 6. The van der Waals surface area contributed by atoms with Crippen molar-refractivity contribution in [3.63, 3.8) is 0 Å². The average Bonchev–Trinajstić information content (AvgIpc) is 3.37. The molecule has 28 heavy (non-hydrogen) atoms. The number of furan rings is 1. The zero-order valence-electron chi connectivity index (χ0n) is 16.0. The molecule has 7 heteroatoms. The van der Waals surface area contributed by atoms with Crippen LogP contribution >= 0.6 is 0 Å². The molecule has 1 aliphatic rings. The first-order valence-electron chi connectivity index (χ1n) is 9.41. The Hall–Kier alpha value is -3.09. The van der Waals surface area contributed by atoms with Crippen molar-refractivity contribution >= 4 is 23.5 Å². The molecule has 1 aromatic heterocycles. The summed E-state index contributed by atoms with van der Waals surface area (Å²) in [6.45, 7) is 3.36. The van der Waals surface area contributed by atoms with Gasteiger partial charge in [0.05, 0.1) is 11.8 Å². The van der Waals surface area contributed by atoms with Crippen molar-refractivity contribution in [1.29, 1.82) is 0 Å². The topological polar surface area (TPSA) is 97.6 Å². The number of benzene rings is 1. The lowest BCUT2D eigenvalue weighted by Gasteiger charge is -2.17. The van der Waals surface area contributed by atoms with Crippen LogP contribution in [0.25, 0.3) is 0 Å². The number of hydrogen-bond donors (Lipinski definition) is 2. The van der Waals surface area contributed by atoms with Gasteiger partial charge in [-0.05, 0) is 56.5 Å². The standard InChI is InChI=1S/C21H24N2O5/c1-13-9-10-15(12-17(13)23-20(25)18-8-5-11-27-18)21(26)28-14(2)19(24)22-16-6-3-4-7-16/h5,8-12,14,16H,3-4,6-7H2,1-2H3,(H,22,24)(H,23,25). The van der Waals surface area contributed by atoms with Crippen molar-refractivity contribution in [1.82, 2.24) is 5.32 Å². The van der Waals surface area contributed by atoms with Gasteiger partial charge in [0.1, 0.15) is 0 Å². The van der Waals surface area contributed by atoms with Gasteiger partial charge in [-0.25, -0.2) is 4.79 Å². The first-order valence-corrected chi connectivity index (χ1v) is 9.41. The summed E-state index contributed by atoms with van der Waals surface area (Å²) < 4.78 is 10.4. The van der Waals surface area contributed by atoms with Gasteiger partial charge in [0.15, 0.2) is 11.9 Å². The number of anilines is 1. The van der Waals surface area contributed by atoms with Gasteiger partial charge in [0, 0.05) is 11.7 Å². The molecular formula is C21H24N2O5. The summed E-state index contributed by atoms with van der Waals surface area (Å²) in [5.74, 6) is -1.16. The molecule has 0 bridgehead atoms. The average molecular weight is 384 g/mol. The molecule has 0 radical (unpaired) electrons. The Morgan fingerprint density at radius 2 is 1.93 bits per heavy atom. The van der Waals surface area contributed by atoms with Crippen LogP contribution in [-0.2, 0) is 9.53 Å². The molecule has 2 amide bonds.